The van der Waals surface area contributed by atoms with Crippen molar-refractivity contribution in [3.05, 3.63) is 0 Å². The third-order valence-electron chi connectivity index (χ3n) is 2.84. The quantitative estimate of drug-likeness (QED) is 0.494. The van der Waals surface area contributed by atoms with Crippen molar-refractivity contribution in [1.82, 2.24) is 0 Å². The second kappa shape index (κ2) is 6.85. The zero-order valence-corrected chi connectivity index (χ0v) is 13.2. The lowest BCUT2D eigenvalue weighted by Crippen LogP contribution is -2.23. The normalized spacial score (nSPS) is 24.2. The molecule has 1 aliphatic carbocycles. The summed E-state index contributed by atoms with van der Waals surface area (Å²) in [6, 6.07) is 0. The van der Waals surface area contributed by atoms with Crippen LogP contribution < -0.4 is 0 Å². The topological polar surface area (TPSA) is 12.4 Å². The molecule has 0 spiro atoms. The molecule has 0 aromatic heterocycles. The SMILES string of the molecule is CCCCCN=C1CCCC1S[Si](C)(C)C. The van der Waals surface area contributed by atoms with Crippen molar-refractivity contribution in [3.63, 3.8) is 0 Å². The predicted molar refractivity (Wildman–Crippen MR) is 80.4 cm³/mol. The first-order valence-electron chi connectivity index (χ1n) is 6.74. The average Bonchev–Trinajstić information content (AvgIpc) is 2.58. The van der Waals surface area contributed by atoms with Crippen LogP contribution in [-0.4, -0.2) is 24.7 Å². The third-order valence-corrected chi connectivity index (χ3v) is 7.32. The van der Waals surface area contributed by atoms with Crippen molar-refractivity contribution >= 4 is 24.1 Å². The Morgan fingerprint density at radius 3 is 2.69 bits per heavy atom. The molecule has 1 rings (SSSR count). The van der Waals surface area contributed by atoms with E-state index < -0.39 is 7.22 Å². The molecule has 0 saturated heterocycles. The minimum absolute atomic E-state index is 0.772. The number of nitrogens with zero attached hydrogens (tertiary/aromatic N) is 1. The summed E-state index contributed by atoms with van der Waals surface area (Å²) in [5.41, 5.74) is 1.53. The van der Waals surface area contributed by atoms with Crippen LogP contribution in [-0.2, 0) is 0 Å². The van der Waals surface area contributed by atoms with E-state index in [-0.39, 0.29) is 0 Å². The molecule has 94 valence electrons. The van der Waals surface area contributed by atoms with Crippen LogP contribution in [0.25, 0.3) is 0 Å². The summed E-state index contributed by atoms with van der Waals surface area (Å²) >= 11 is 2.24. The van der Waals surface area contributed by atoms with Gasteiger partial charge in [-0.05, 0) is 25.7 Å². The van der Waals surface area contributed by atoms with E-state index in [0.717, 1.165) is 11.8 Å². The van der Waals surface area contributed by atoms with Gasteiger partial charge in [-0.1, -0.05) is 39.4 Å². The van der Waals surface area contributed by atoms with Crippen molar-refractivity contribution in [1.29, 1.82) is 0 Å². The predicted octanol–water partition coefficient (Wildman–Crippen LogP) is 4.74. The maximum atomic E-state index is 4.84. The van der Waals surface area contributed by atoms with E-state index in [1.165, 1.54) is 44.2 Å². The molecule has 0 radical (unpaired) electrons. The Bertz CT molecular complexity index is 233. The first-order valence-corrected chi connectivity index (χ1v) is 11.8. The second-order valence-electron chi connectivity index (χ2n) is 5.69. The van der Waals surface area contributed by atoms with Gasteiger partial charge in [0.2, 0.25) is 0 Å². The van der Waals surface area contributed by atoms with Gasteiger partial charge in [0.15, 0.2) is 0 Å². The molecule has 1 fully saturated rings. The van der Waals surface area contributed by atoms with Crippen LogP contribution in [0.15, 0.2) is 4.99 Å². The van der Waals surface area contributed by atoms with Gasteiger partial charge in [0, 0.05) is 17.5 Å². The van der Waals surface area contributed by atoms with Gasteiger partial charge in [-0.25, -0.2) is 0 Å². The van der Waals surface area contributed by atoms with Gasteiger partial charge < -0.3 is 0 Å². The molecule has 0 amide bonds. The summed E-state index contributed by atoms with van der Waals surface area (Å²) in [5, 5.41) is 0.772. The van der Waals surface area contributed by atoms with E-state index in [4.69, 9.17) is 4.99 Å². The van der Waals surface area contributed by atoms with Gasteiger partial charge >= 0.3 is 0 Å². The molecule has 0 aromatic carbocycles. The van der Waals surface area contributed by atoms with Crippen LogP contribution in [0.2, 0.25) is 19.6 Å². The number of hydrogen-bond donors (Lipinski definition) is 0. The molecule has 0 bridgehead atoms. The highest BCUT2D eigenvalue weighted by atomic mass is 32.4. The first-order chi connectivity index (χ1) is 7.53. The lowest BCUT2D eigenvalue weighted by atomic mass is 10.2. The van der Waals surface area contributed by atoms with Crippen LogP contribution >= 0.6 is 11.2 Å². The Kier molecular flexibility index (Phi) is 6.12. The molecule has 1 unspecified atom stereocenters. The fraction of sp³-hybridized carbons (Fsp3) is 0.923. The summed E-state index contributed by atoms with van der Waals surface area (Å²) in [7, 11) is -0.983. The Morgan fingerprint density at radius 2 is 2.06 bits per heavy atom. The molecule has 0 aromatic rings. The third kappa shape index (κ3) is 5.53. The molecular formula is C13H27NSSi. The molecular weight excluding hydrogens is 230 g/mol. The maximum Gasteiger partial charge on any atom is 0.109 e. The monoisotopic (exact) mass is 257 g/mol. The fourth-order valence-corrected chi connectivity index (χ4v) is 6.90. The number of rotatable bonds is 6. The highest BCUT2D eigenvalue weighted by Crippen LogP contribution is 2.34. The van der Waals surface area contributed by atoms with Crippen molar-refractivity contribution in [2.75, 3.05) is 6.54 Å². The van der Waals surface area contributed by atoms with Gasteiger partial charge in [-0.2, -0.15) is 11.2 Å². The lowest BCUT2D eigenvalue weighted by molar-refractivity contribution is 0.727. The summed E-state index contributed by atoms with van der Waals surface area (Å²) in [5.74, 6) is 0. The smallest absolute Gasteiger partial charge is 0.109 e. The van der Waals surface area contributed by atoms with Gasteiger partial charge in [0.1, 0.15) is 7.22 Å². The molecule has 1 aliphatic rings. The lowest BCUT2D eigenvalue weighted by Gasteiger charge is -2.21. The van der Waals surface area contributed by atoms with E-state index in [1.807, 2.05) is 0 Å². The van der Waals surface area contributed by atoms with E-state index in [2.05, 4.69) is 37.8 Å². The Morgan fingerprint density at radius 1 is 1.31 bits per heavy atom. The van der Waals surface area contributed by atoms with E-state index in [0.29, 0.717) is 0 Å². The van der Waals surface area contributed by atoms with Crippen molar-refractivity contribution in [3.8, 4) is 0 Å². The molecule has 1 nitrogen and oxygen atoms in total. The number of aliphatic imine (C=N–C) groups is 1. The highest BCUT2D eigenvalue weighted by molar-refractivity contribution is 8.29. The second-order valence-corrected chi connectivity index (χ2v) is 15.1. The molecule has 0 aliphatic heterocycles. The minimum Gasteiger partial charge on any atom is -0.293 e. The number of unbranched alkanes of at least 4 members (excludes halogenated alkanes) is 2. The Labute approximate surface area is 106 Å². The zero-order chi connectivity index (χ0) is 12.0. The molecule has 16 heavy (non-hydrogen) atoms. The van der Waals surface area contributed by atoms with Crippen LogP contribution in [0.1, 0.15) is 45.4 Å². The van der Waals surface area contributed by atoms with Gasteiger partial charge in [0.05, 0.1) is 0 Å². The van der Waals surface area contributed by atoms with Gasteiger partial charge in [-0.15, -0.1) is 0 Å². The molecule has 1 atom stereocenters. The van der Waals surface area contributed by atoms with Crippen LogP contribution in [0, 0.1) is 0 Å². The van der Waals surface area contributed by atoms with Crippen LogP contribution in [0.5, 0.6) is 0 Å². The standard InChI is InChI=1S/C13H27NSSi/c1-5-6-7-11-14-12-9-8-10-13(12)15-16(2,3)4/h13H,5-11H2,1-4H3. The minimum atomic E-state index is -0.983. The van der Waals surface area contributed by atoms with E-state index >= 15 is 0 Å². The first kappa shape index (κ1) is 14.3. The van der Waals surface area contributed by atoms with Crippen LogP contribution in [0.3, 0.4) is 0 Å². The summed E-state index contributed by atoms with van der Waals surface area (Å²) < 4.78 is 0. The van der Waals surface area contributed by atoms with Crippen molar-refractivity contribution in [2.24, 2.45) is 4.99 Å². The average molecular weight is 258 g/mol. The molecule has 1 saturated carbocycles. The van der Waals surface area contributed by atoms with Crippen molar-refractivity contribution in [2.45, 2.75) is 70.3 Å². The summed E-state index contributed by atoms with van der Waals surface area (Å²) in [6.07, 6.45) is 7.94. The highest BCUT2D eigenvalue weighted by Gasteiger charge is 2.28. The molecule has 0 heterocycles. The molecule has 3 heteroatoms. The molecule has 0 N–H and O–H groups in total. The van der Waals surface area contributed by atoms with E-state index in [9.17, 15) is 0 Å². The maximum absolute atomic E-state index is 4.84. The van der Waals surface area contributed by atoms with Crippen LogP contribution in [0.4, 0.5) is 0 Å². The summed E-state index contributed by atoms with van der Waals surface area (Å²) in [6.45, 7) is 10.7. The Hall–Kier alpha value is 0.237. The van der Waals surface area contributed by atoms with Gasteiger partial charge in [0.25, 0.3) is 0 Å². The van der Waals surface area contributed by atoms with E-state index in [1.54, 1.807) is 0 Å². The summed E-state index contributed by atoms with van der Waals surface area (Å²) in [4.78, 5) is 4.84. The largest absolute Gasteiger partial charge is 0.293 e. The number of hydrogen-bond acceptors (Lipinski definition) is 2. The van der Waals surface area contributed by atoms with Crippen molar-refractivity contribution < 1.29 is 0 Å². The van der Waals surface area contributed by atoms with Gasteiger partial charge in [-0.3, -0.25) is 4.99 Å². The Balaban J connectivity index is 2.39. The fourth-order valence-electron chi connectivity index (χ4n) is 2.12. The zero-order valence-electron chi connectivity index (χ0n) is 11.4.